The number of nitrogens with one attached hydrogen (secondary N) is 1. The van der Waals surface area contributed by atoms with Gasteiger partial charge in [0.05, 0.1) is 16.9 Å². The Kier molecular flexibility index (Phi) is 7.63. The number of nitrogens with zero attached hydrogens (tertiary/aromatic N) is 1. The summed E-state index contributed by atoms with van der Waals surface area (Å²) in [6, 6.07) is 3.36. The highest BCUT2D eigenvalue weighted by molar-refractivity contribution is 9.12. The third-order valence-electron chi connectivity index (χ3n) is 5.27. The molecule has 0 unspecified atom stereocenters. The Hall–Kier alpha value is -0.970. The molecule has 1 aliphatic carbocycles. The van der Waals surface area contributed by atoms with Crippen molar-refractivity contribution >= 4 is 88.8 Å². The molecular formula is C19H18Br3ClN2O5. The molecule has 0 radical (unpaired) electrons. The summed E-state index contributed by atoms with van der Waals surface area (Å²) in [6.45, 7) is 0.705. The lowest BCUT2D eigenvalue weighted by Gasteiger charge is -2.29. The van der Waals surface area contributed by atoms with Gasteiger partial charge in [0.1, 0.15) is 6.54 Å². The molecule has 7 nitrogen and oxygen atoms in total. The van der Waals surface area contributed by atoms with E-state index < -0.39 is 36.9 Å². The smallest absolute Gasteiger partial charge is 0.326 e. The van der Waals surface area contributed by atoms with Gasteiger partial charge >= 0.3 is 5.97 Å². The van der Waals surface area contributed by atoms with Gasteiger partial charge in [-0.25, -0.2) is 0 Å². The number of fused-ring (bicyclic) bond motifs is 1. The lowest BCUT2D eigenvalue weighted by molar-refractivity contribution is -0.154. The number of hydrogen-bond acceptors (Lipinski definition) is 5. The number of alkyl halides is 2. The van der Waals surface area contributed by atoms with E-state index in [1.165, 1.54) is 0 Å². The molecule has 1 heterocycles. The fourth-order valence-corrected chi connectivity index (χ4v) is 5.45. The minimum atomic E-state index is -0.818. The quantitative estimate of drug-likeness (QED) is 0.304. The molecule has 1 N–H and O–H groups in total. The van der Waals surface area contributed by atoms with E-state index in [9.17, 15) is 19.2 Å². The van der Waals surface area contributed by atoms with Crippen LogP contribution in [0.2, 0.25) is 5.02 Å². The highest BCUT2D eigenvalue weighted by atomic mass is 79.9. The van der Waals surface area contributed by atoms with Gasteiger partial charge in [0, 0.05) is 19.8 Å². The number of carbonyl (C=O) groups is 4. The number of ether oxygens (including phenoxy) is 1. The summed E-state index contributed by atoms with van der Waals surface area (Å²) in [5, 5.41) is 3.08. The minimum absolute atomic E-state index is 0.0849. The van der Waals surface area contributed by atoms with Crippen LogP contribution >= 0.6 is 59.4 Å². The highest BCUT2D eigenvalue weighted by Gasteiger charge is 2.52. The minimum Gasteiger partial charge on any atom is -0.454 e. The van der Waals surface area contributed by atoms with E-state index in [4.69, 9.17) is 16.3 Å². The summed E-state index contributed by atoms with van der Waals surface area (Å²) in [5.74, 6) is -2.97. The molecule has 1 aromatic carbocycles. The van der Waals surface area contributed by atoms with Crippen molar-refractivity contribution in [2.45, 2.75) is 29.4 Å². The summed E-state index contributed by atoms with van der Waals surface area (Å²) in [6.07, 6.45) is 1.04. The van der Waals surface area contributed by atoms with Crippen molar-refractivity contribution in [3.05, 3.63) is 27.2 Å². The maximum absolute atomic E-state index is 12.6. The van der Waals surface area contributed by atoms with E-state index in [2.05, 4.69) is 53.1 Å². The molecule has 4 atom stereocenters. The van der Waals surface area contributed by atoms with Crippen molar-refractivity contribution in [3.63, 3.8) is 0 Å². The Morgan fingerprint density at radius 1 is 1.17 bits per heavy atom. The monoisotopic (exact) mass is 626 g/mol. The van der Waals surface area contributed by atoms with E-state index >= 15 is 0 Å². The third kappa shape index (κ3) is 4.92. The first-order valence-electron chi connectivity index (χ1n) is 9.13. The number of likely N-dealkylation sites (tertiary alicyclic amines) is 1. The van der Waals surface area contributed by atoms with Crippen LogP contribution in [-0.2, 0) is 23.9 Å². The Morgan fingerprint density at radius 2 is 1.73 bits per heavy atom. The van der Waals surface area contributed by atoms with E-state index in [0.29, 0.717) is 33.6 Å². The number of esters is 1. The summed E-state index contributed by atoms with van der Waals surface area (Å²) < 4.78 is 5.66. The molecule has 1 saturated heterocycles. The second kappa shape index (κ2) is 9.67. The number of halogens is 4. The summed E-state index contributed by atoms with van der Waals surface area (Å²) in [7, 11) is 0. The number of benzene rings is 1. The van der Waals surface area contributed by atoms with Crippen LogP contribution < -0.4 is 5.32 Å². The first-order valence-corrected chi connectivity index (χ1v) is 12.1. The normalized spacial score (nSPS) is 25.8. The van der Waals surface area contributed by atoms with E-state index in [1.807, 2.05) is 0 Å². The number of imide groups is 1. The van der Waals surface area contributed by atoms with Gasteiger partial charge < -0.3 is 10.1 Å². The fourth-order valence-electron chi connectivity index (χ4n) is 3.61. The number of rotatable bonds is 5. The van der Waals surface area contributed by atoms with Gasteiger partial charge in [0.15, 0.2) is 6.61 Å². The molecule has 1 saturated carbocycles. The SMILES string of the molecule is Cc1c(NC(=O)COC(=O)CN2C(=O)[C@@H]3C[C@H](Br)[C@@H](Br)C[C@H]3C2=O)ccc(Br)c1Cl. The molecule has 11 heteroatoms. The van der Waals surface area contributed by atoms with Gasteiger partial charge in [-0.2, -0.15) is 0 Å². The van der Waals surface area contributed by atoms with Crippen molar-refractivity contribution in [1.29, 1.82) is 0 Å². The van der Waals surface area contributed by atoms with Crippen molar-refractivity contribution in [1.82, 2.24) is 4.90 Å². The van der Waals surface area contributed by atoms with E-state index in [1.54, 1.807) is 19.1 Å². The average molecular weight is 630 g/mol. The van der Waals surface area contributed by atoms with Gasteiger partial charge in [0.25, 0.3) is 5.91 Å². The average Bonchev–Trinajstić information content (AvgIpc) is 2.92. The Morgan fingerprint density at radius 3 is 2.30 bits per heavy atom. The number of hydrogen-bond donors (Lipinski definition) is 1. The zero-order valence-electron chi connectivity index (χ0n) is 15.8. The molecular weight excluding hydrogens is 611 g/mol. The van der Waals surface area contributed by atoms with Gasteiger partial charge in [-0.1, -0.05) is 43.5 Å². The standard InChI is InChI=1S/C19H18Br3ClN2O5/c1-8-14(3-2-11(20)17(8)23)24-15(26)7-30-16(27)6-25-18(28)9-4-12(21)13(22)5-10(9)19(25)29/h2-3,9-10,12-13H,4-7H2,1H3,(H,24,26)/t9-,10-,12+,13+/m1/s1. The van der Waals surface area contributed by atoms with Crippen molar-refractivity contribution in [2.75, 3.05) is 18.5 Å². The second-order valence-corrected chi connectivity index (χ2v) is 10.8. The Balaban J connectivity index is 1.53. The van der Waals surface area contributed by atoms with Crippen molar-refractivity contribution < 1.29 is 23.9 Å². The lowest BCUT2D eigenvalue weighted by Crippen LogP contribution is -2.37. The fraction of sp³-hybridized carbons (Fsp3) is 0.474. The highest BCUT2D eigenvalue weighted by Crippen LogP contribution is 2.43. The van der Waals surface area contributed by atoms with Crippen LogP contribution in [0.1, 0.15) is 18.4 Å². The molecule has 1 aromatic rings. The predicted octanol–water partition coefficient (Wildman–Crippen LogP) is 3.81. The van der Waals surface area contributed by atoms with Gasteiger partial charge in [-0.3, -0.25) is 24.1 Å². The maximum atomic E-state index is 12.6. The van der Waals surface area contributed by atoms with Crippen LogP contribution in [0.25, 0.3) is 0 Å². The number of anilines is 1. The van der Waals surface area contributed by atoms with Crippen molar-refractivity contribution in [2.24, 2.45) is 11.8 Å². The number of carbonyl (C=O) groups excluding carboxylic acids is 4. The summed E-state index contributed by atoms with van der Waals surface area (Å²) in [4.78, 5) is 50.5. The largest absolute Gasteiger partial charge is 0.454 e. The van der Waals surface area contributed by atoms with Crippen LogP contribution in [-0.4, -0.2) is 51.4 Å². The molecule has 0 spiro atoms. The molecule has 3 rings (SSSR count). The van der Waals surface area contributed by atoms with E-state index in [-0.39, 0.29) is 21.5 Å². The zero-order valence-corrected chi connectivity index (χ0v) is 21.3. The van der Waals surface area contributed by atoms with Crippen molar-refractivity contribution in [3.8, 4) is 0 Å². The van der Waals surface area contributed by atoms with Gasteiger partial charge in [-0.05, 0) is 53.4 Å². The molecule has 0 bridgehead atoms. The Bertz CT molecular complexity index is 884. The van der Waals surface area contributed by atoms with Gasteiger partial charge in [-0.15, -0.1) is 0 Å². The Labute approximate surface area is 203 Å². The summed E-state index contributed by atoms with van der Waals surface area (Å²) >= 11 is 16.5. The van der Waals surface area contributed by atoms with Crippen LogP contribution in [0.4, 0.5) is 5.69 Å². The lowest BCUT2D eigenvalue weighted by atomic mass is 9.81. The number of amides is 3. The first-order chi connectivity index (χ1) is 14.1. The van der Waals surface area contributed by atoms with Crippen LogP contribution in [0.3, 0.4) is 0 Å². The molecule has 2 aliphatic rings. The topological polar surface area (TPSA) is 92.8 Å². The molecule has 162 valence electrons. The molecule has 1 aliphatic heterocycles. The third-order valence-corrected chi connectivity index (χ3v) is 9.38. The predicted molar refractivity (Wildman–Crippen MR) is 122 cm³/mol. The first kappa shape index (κ1) is 23.7. The van der Waals surface area contributed by atoms with Crippen LogP contribution in [0, 0.1) is 18.8 Å². The zero-order chi connectivity index (χ0) is 22.2. The second-order valence-electron chi connectivity index (χ2n) is 7.22. The summed E-state index contributed by atoms with van der Waals surface area (Å²) in [5.41, 5.74) is 1.16. The van der Waals surface area contributed by atoms with Crippen LogP contribution in [0.5, 0.6) is 0 Å². The van der Waals surface area contributed by atoms with E-state index in [0.717, 1.165) is 4.90 Å². The molecule has 3 amide bonds. The molecule has 0 aromatic heterocycles. The molecule has 30 heavy (non-hydrogen) atoms. The van der Waals surface area contributed by atoms with Gasteiger partial charge in [0.2, 0.25) is 11.8 Å². The maximum Gasteiger partial charge on any atom is 0.326 e. The molecule has 2 fully saturated rings. The van der Waals surface area contributed by atoms with Crippen LogP contribution in [0.15, 0.2) is 16.6 Å².